The van der Waals surface area contributed by atoms with E-state index in [1.165, 1.54) is 22.6 Å². The summed E-state index contributed by atoms with van der Waals surface area (Å²) in [4.78, 5) is 13.2. The van der Waals surface area contributed by atoms with Gasteiger partial charge in [-0.1, -0.05) is 59.3 Å². The van der Waals surface area contributed by atoms with Crippen molar-refractivity contribution < 1.29 is 4.39 Å². The summed E-state index contributed by atoms with van der Waals surface area (Å²) in [6.45, 7) is 0. The lowest BCUT2D eigenvalue weighted by atomic mass is 10.1. The van der Waals surface area contributed by atoms with Gasteiger partial charge in [0.25, 0.3) is 5.56 Å². The molecule has 0 saturated carbocycles. The van der Waals surface area contributed by atoms with Crippen LogP contribution in [0.3, 0.4) is 0 Å². The first-order valence-corrected chi connectivity index (χ1v) is 8.69. The average Bonchev–Trinajstić information content (AvgIpc) is 3.13. The molecule has 124 valence electrons. The largest absolute Gasteiger partial charge is 0.275 e. The van der Waals surface area contributed by atoms with Crippen LogP contribution in [0.15, 0.2) is 53.3 Å². The monoisotopic (exact) mass is 371 g/mol. The maximum atomic E-state index is 14.0. The fraction of sp³-hybridized carbons (Fsp3) is 0.0556. The Morgan fingerprint density at radius 3 is 2.68 bits per heavy atom. The van der Waals surface area contributed by atoms with Crippen molar-refractivity contribution in [3.8, 4) is 0 Å². The van der Waals surface area contributed by atoms with E-state index in [1.807, 2.05) is 30.3 Å². The van der Waals surface area contributed by atoms with E-state index in [0.717, 1.165) is 16.9 Å². The summed E-state index contributed by atoms with van der Waals surface area (Å²) in [5.74, 6) is 0.0855. The van der Waals surface area contributed by atoms with Crippen molar-refractivity contribution in [2.24, 2.45) is 0 Å². The van der Waals surface area contributed by atoms with Crippen molar-refractivity contribution in [1.29, 1.82) is 0 Å². The van der Waals surface area contributed by atoms with Crippen LogP contribution in [0.2, 0.25) is 5.02 Å². The molecule has 0 unspecified atom stereocenters. The van der Waals surface area contributed by atoms with Gasteiger partial charge in [0.1, 0.15) is 11.6 Å². The summed E-state index contributed by atoms with van der Waals surface area (Å²) in [5, 5.41) is 8.43. The molecule has 0 atom stereocenters. The molecule has 0 saturated heterocycles. The highest BCUT2D eigenvalue weighted by Gasteiger charge is 2.14. The van der Waals surface area contributed by atoms with Crippen molar-refractivity contribution in [2.75, 3.05) is 0 Å². The van der Waals surface area contributed by atoms with Crippen molar-refractivity contribution in [1.82, 2.24) is 14.6 Å². The number of halogens is 2. The van der Waals surface area contributed by atoms with Crippen molar-refractivity contribution >= 4 is 34.0 Å². The number of nitrogens with zero attached hydrogens (tertiary/aromatic N) is 3. The van der Waals surface area contributed by atoms with E-state index in [0.29, 0.717) is 21.7 Å². The summed E-state index contributed by atoms with van der Waals surface area (Å²) in [7, 11) is 0. The van der Waals surface area contributed by atoms with Gasteiger partial charge in [-0.2, -0.15) is 0 Å². The standard InChI is InChI=1S/C18H11ClFN3OS/c19-13-7-4-8-14(20)12(13)10-15-17(24)23-16(21-22-18(23)25-15)9-11-5-2-1-3-6-11/h1-8,10H,9H2/b15-10-. The van der Waals surface area contributed by atoms with Gasteiger partial charge < -0.3 is 0 Å². The molecule has 2 aromatic carbocycles. The highest BCUT2D eigenvalue weighted by molar-refractivity contribution is 7.15. The molecule has 0 radical (unpaired) electrons. The van der Waals surface area contributed by atoms with Crippen molar-refractivity contribution in [2.45, 2.75) is 6.42 Å². The predicted molar refractivity (Wildman–Crippen MR) is 96.6 cm³/mol. The number of thiazole rings is 1. The Morgan fingerprint density at radius 2 is 1.92 bits per heavy atom. The Kier molecular flexibility index (Phi) is 4.07. The van der Waals surface area contributed by atoms with Crippen LogP contribution in [0.1, 0.15) is 17.0 Å². The average molecular weight is 372 g/mol. The summed E-state index contributed by atoms with van der Waals surface area (Å²) in [6, 6.07) is 14.1. The maximum Gasteiger partial charge on any atom is 0.275 e. The van der Waals surface area contributed by atoms with E-state index >= 15 is 0 Å². The summed E-state index contributed by atoms with van der Waals surface area (Å²) >= 11 is 7.20. The number of aromatic nitrogens is 3. The molecule has 0 amide bonds. The second-order valence-corrected chi connectivity index (χ2v) is 6.86. The molecular formula is C18H11ClFN3OS. The predicted octanol–water partition coefficient (Wildman–Crippen LogP) is 3.08. The number of fused-ring (bicyclic) bond motifs is 1. The third kappa shape index (κ3) is 2.94. The highest BCUT2D eigenvalue weighted by Crippen LogP contribution is 2.19. The van der Waals surface area contributed by atoms with E-state index in [4.69, 9.17) is 11.6 Å². The van der Waals surface area contributed by atoms with Crippen molar-refractivity contribution in [3.05, 3.63) is 91.2 Å². The highest BCUT2D eigenvalue weighted by atomic mass is 35.5. The second kappa shape index (κ2) is 6.38. The van der Waals surface area contributed by atoms with Gasteiger partial charge in [0.05, 0.1) is 9.55 Å². The first-order chi connectivity index (χ1) is 12.1. The number of hydrogen-bond acceptors (Lipinski definition) is 4. The van der Waals surface area contributed by atoms with Crippen LogP contribution in [0.4, 0.5) is 4.39 Å². The summed E-state index contributed by atoms with van der Waals surface area (Å²) < 4.78 is 15.8. The molecule has 0 aliphatic rings. The third-order valence-electron chi connectivity index (χ3n) is 3.80. The van der Waals surface area contributed by atoms with E-state index in [-0.39, 0.29) is 16.1 Å². The Morgan fingerprint density at radius 1 is 1.12 bits per heavy atom. The topological polar surface area (TPSA) is 47.3 Å². The van der Waals surface area contributed by atoms with E-state index in [9.17, 15) is 9.18 Å². The zero-order valence-corrected chi connectivity index (χ0v) is 14.4. The van der Waals surface area contributed by atoms with Gasteiger partial charge in [0.2, 0.25) is 4.96 Å². The molecule has 0 aliphatic heterocycles. The molecule has 4 nitrogen and oxygen atoms in total. The van der Waals surface area contributed by atoms with Gasteiger partial charge in [0.15, 0.2) is 0 Å². The summed E-state index contributed by atoms with van der Waals surface area (Å²) in [5.41, 5.74) is 0.962. The smallest absolute Gasteiger partial charge is 0.267 e. The zero-order chi connectivity index (χ0) is 17.4. The first kappa shape index (κ1) is 15.9. The summed E-state index contributed by atoms with van der Waals surface area (Å²) in [6.07, 6.45) is 1.96. The molecule has 7 heteroatoms. The fourth-order valence-corrected chi connectivity index (χ4v) is 3.72. The molecular weight excluding hydrogens is 361 g/mol. The Hall–Kier alpha value is -2.57. The normalized spacial score (nSPS) is 12.2. The molecule has 0 aliphatic carbocycles. The SMILES string of the molecule is O=c1/c(=C/c2c(F)cccc2Cl)sc2nnc(Cc3ccccc3)n12. The molecule has 4 aromatic rings. The van der Waals surface area contributed by atoms with Crippen LogP contribution in [0.5, 0.6) is 0 Å². The first-order valence-electron chi connectivity index (χ1n) is 7.50. The van der Waals surface area contributed by atoms with E-state index in [2.05, 4.69) is 10.2 Å². The zero-order valence-electron chi connectivity index (χ0n) is 12.8. The van der Waals surface area contributed by atoms with Gasteiger partial charge in [-0.05, 0) is 23.8 Å². The van der Waals surface area contributed by atoms with Crippen LogP contribution in [0, 0.1) is 5.82 Å². The number of hydrogen-bond donors (Lipinski definition) is 0. The Bertz CT molecular complexity index is 1150. The van der Waals surface area contributed by atoms with E-state index in [1.54, 1.807) is 6.07 Å². The van der Waals surface area contributed by atoms with Gasteiger partial charge in [-0.15, -0.1) is 10.2 Å². The Balaban J connectivity index is 1.84. The second-order valence-electron chi connectivity index (χ2n) is 5.45. The molecule has 0 N–H and O–H groups in total. The third-order valence-corrected chi connectivity index (χ3v) is 5.08. The van der Waals surface area contributed by atoms with Gasteiger partial charge in [0, 0.05) is 12.0 Å². The lowest BCUT2D eigenvalue weighted by molar-refractivity contribution is 0.625. The van der Waals surface area contributed by atoms with Crippen molar-refractivity contribution in [3.63, 3.8) is 0 Å². The lowest BCUT2D eigenvalue weighted by Gasteiger charge is -1.98. The molecule has 2 heterocycles. The molecule has 4 rings (SSSR count). The minimum absolute atomic E-state index is 0.198. The van der Waals surface area contributed by atoms with Gasteiger partial charge in [-0.25, -0.2) is 8.79 Å². The lowest BCUT2D eigenvalue weighted by Crippen LogP contribution is -2.24. The van der Waals surface area contributed by atoms with Crippen LogP contribution in [-0.4, -0.2) is 14.6 Å². The Labute approximate surface area is 150 Å². The van der Waals surface area contributed by atoms with Crippen LogP contribution < -0.4 is 10.1 Å². The number of rotatable bonds is 3. The minimum Gasteiger partial charge on any atom is -0.267 e. The molecule has 2 aromatic heterocycles. The van der Waals surface area contributed by atoms with Gasteiger partial charge >= 0.3 is 0 Å². The fourth-order valence-electron chi connectivity index (χ4n) is 2.59. The minimum atomic E-state index is -0.472. The van der Waals surface area contributed by atoms with Crippen LogP contribution in [0.25, 0.3) is 11.0 Å². The van der Waals surface area contributed by atoms with E-state index < -0.39 is 5.82 Å². The maximum absolute atomic E-state index is 14.0. The number of benzene rings is 2. The van der Waals surface area contributed by atoms with Crippen LogP contribution >= 0.6 is 22.9 Å². The molecule has 25 heavy (non-hydrogen) atoms. The van der Waals surface area contributed by atoms with Crippen LogP contribution in [-0.2, 0) is 6.42 Å². The van der Waals surface area contributed by atoms with Gasteiger partial charge in [-0.3, -0.25) is 4.79 Å². The molecule has 0 fully saturated rings. The molecule has 0 spiro atoms. The quantitative estimate of drug-likeness (QED) is 0.556. The molecule has 0 bridgehead atoms.